The van der Waals surface area contributed by atoms with Crippen molar-refractivity contribution in [3.63, 3.8) is 0 Å². The van der Waals surface area contributed by atoms with E-state index in [0.717, 1.165) is 18.9 Å². The molecule has 0 spiro atoms. The molecule has 1 aliphatic rings. The van der Waals surface area contributed by atoms with Gasteiger partial charge in [0.25, 0.3) is 0 Å². The van der Waals surface area contributed by atoms with Crippen molar-refractivity contribution in [3.05, 3.63) is 35.4 Å². The van der Waals surface area contributed by atoms with Gasteiger partial charge in [0.2, 0.25) is 0 Å². The number of hydrogen-bond donors (Lipinski definition) is 1. The highest BCUT2D eigenvalue weighted by Gasteiger charge is 2.19. The zero-order chi connectivity index (χ0) is 12.3. The molecule has 2 heteroatoms. The normalized spacial score (nSPS) is 18.1. The van der Waals surface area contributed by atoms with Gasteiger partial charge in [-0.2, -0.15) is 0 Å². The van der Waals surface area contributed by atoms with Crippen LogP contribution in [0.1, 0.15) is 48.8 Å². The van der Waals surface area contributed by atoms with Crippen molar-refractivity contribution >= 4 is 0 Å². The van der Waals surface area contributed by atoms with Crippen molar-refractivity contribution in [1.82, 2.24) is 4.90 Å². The summed E-state index contributed by atoms with van der Waals surface area (Å²) < 4.78 is 0. The van der Waals surface area contributed by atoms with E-state index in [2.05, 4.69) is 43.3 Å². The summed E-state index contributed by atoms with van der Waals surface area (Å²) in [5.41, 5.74) is 8.96. The molecule has 0 radical (unpaired) electrons. The Bertz CT molecular complexity index is 338. The predicted octanol–water partition coefficient (Wildman–Crippen LogP) is 2.91. The Kier molecular flexibility index (Phi) is 4.19. The van der Waals surface area contributed by atoms with E-state index in [4.69, 9.17) is 5.73 Å². The van der Waals surface area contributed by atoms with Crippen LogP contribution in [0.25, 0.3) is 0 Å². The van der Waals surface area contributed by atoms with E-state index in [1.807, 2.05) is 0 Å². The van der Waals surface area contributed by atoms with Gasteiger partial charge in [0.05, 0.1) is 0 Å². The third kappa shape index (κ3) is 3.30. The summed E-state index contributed by atoms with van der Waals surface area (Å²) >= 11 is 0. The number of benzene rings is 1. The third-order valence-corrected chi connectivity index (χ3v) is 3.83. The van der Waals surface area contributed by atoms with E-state index in [1.165, 1.54) is 30.4 Å². The Labute approximate surface area is 105 Å². The minimum absolute atomic E-state index is 0.174. The van der Waals surface area contributed by atoms with Crippen molar-refractivity contribution in [2.24, 2.45) is 5.73 Å². The molecule has 0 bridgehead atoms. The Morgan fingerprint density at radius 2 is 1.88 bits per heavy atom. The zero-order valence-electron chi connectivity index (χ0n) is 11.0. The molecule has 1 atom stereocenters. The minimum Gasteiger partial charge on any atom is -0.324 e. The highest BCUT2D eigenvalue weighted by Crippen LogP contribution is 2.36. The largest absolute Gasteiger partial charge is 0.324 e. The van der Waals surface area contributed by atoms with Gasteiger partial charge in [0.15, 0.2) is 0 Å². The fraction of sp³-hybridized carbons (Fsp3) is 0.600. The second-order valence-electron chi connectivity index (χ2n) is 5.49. The van der Waals surface area contributed by atoms with E-state index in [0.29, 0.717) is 0 Å². The van der Waals surface area contributed by atoms with Gasteiger partial charge in [-0.25, -0.2) is 0 Å². The Balaban J connectivity index is 1.92. The molecule has 0 aromatic heterocycles. The van der Waals surface area contributed by atoms with Crippen LogP contribution in [0.4, 0.5) is 0 Å². The summed E-state index contributed by atoms with van der Waals surface area (Å²) in [4.78, 5) is 2.18. The third-order valence-electron chi connectivity index (χ3n) is 3.83. The molecule has 1 aliphatic carbocycles. The molecular formula is C15H24N2. The number of nitrogens with two attached hydrogens (primary N) is 1. The smallest absolute Gasteiger partial charge is 0.0307 e. The summed E-state index contributed by atoms with van der Waals surface area (Å²) in [7, 11) is 4.18. The van der Waals surface area contributed by atoms with E-state index in [9.17, 15) is 0 Å². The lowest BCUT2D eigenvalue weighted by atomic mass is 9.80. The SMILES string of the molecule is CN(C)CCC(N)c1ccc(C2CCC2)cc1. The van der Waals surface area contributed by atoms with Crippen LogP contribution >= 0.6 is 0 Å². The molecule has 1 aromatic rings. The lowest BCUT2D eigenvalue weighted by Gasteiger charge is -2.26. The summed E-state index contributed by atoms with van der Waals surface area (Å²) in [5, 5.41) is 0. The number of hydrogen-bond acceptors (Lipinski definition) is 2. The second kappa shape index (κ2) is 5.65. The first-order chi connectivity index (χ1) is 8.16. The number of rotatable bonds is 5. The van der Waals surface area contributed by atoms with Crippen molar-refractivity contribution in [2.75, 3.05) is 20.6 Å². The van der Waals surface area contributed by atoms with Gasteiger partial charge >= 0.3 is 0 Å². The van der Waals surface area contributed by atoms with Crippen molar-refractivity contribution in [3.8, 4) is 0 Å². The van der Waals surface area contributed by atoms with Crippen LogP contribution in [-0.2, 0) is 0 Å². The van der Waals surface area contributed by atoms with Crippen LogP contribution in [0.2, 0.25) is 0 Å². The van der Waals surface area contributed by atoms with Crippen LogP contribution < -0.4 is 5.73 Å². The van der Waals surface area contributed by atoms with Gasteiger partial charge in [-0.05, 0) is 56.9 Å². The van der Waals surface area contributed by atoms with Crippen LogP contribution in [0.5, 0.6) is 0 Å². The van der Waals surface area contributed by atoms with Gasteiger partial charge in [-0.3, -0.25) is 0 Å². The predicted molar refractivity (Wildman–Crippen MR) is 73.1 cm³/mol. The van der Waals surface area contributed by atoms with E-state index >= 15 is 0 Å². The summed E-state index contributed by atoms with van der Waals surface area (Å²) in [6, 6.07) is 9.15. The maximum atomic E-state index is 6.19. The lowest BCUT2D eigenvalue weighted by molar-refractivity contribution is 0.382. The van der Waals surface area contributed by atoms with Crippen LogP contribution in [0, 0.1) is 0 Å². The van der Waals surface area contributed by atoms with E-state index < -0.39 is 0 Å². The fourth-order valence-electron chi connectivity index (χ4n) is 2.32. The monoisotopic (exact) mass is 232 g/mol. The molecular weight excluding hydrogens is 208 g/mol. The summed E-state index contributed by atoms with van der Waals surface area (Å²) in [6.07, 6.45) is 5.16. The molecule has 0 saturated heterocycles. The van der Waals surface area contributed by atoms with Crippen LogP contribution in [-0.4, -0.2) is 25.5 Å². The molecule has 1 aromatic carbocycles. The molecule has 1 fully saturated rings. The lowest BCUT2D eigenvalue weighted by Crippen LogP contribution is -2.20. The van der Waals surface area contributed by atoms with Crippen molar-refractivity contribution in [2.45, 2.75) is 37.6 Å². The summed E-state index contributed by atoms with van der Waals surface area (Å²) in [6.45, 7) is 1.05. The Morgan fingerprint density at radius 1 is 1.24 bits per heavy atom. The van der Waals surface area contributed by atoms with Gasteiger partial charge < -0.3 is 10.6 Å². The fourth-order valence-corrected chi connectivity index (χ4v) is 2.32. The minimum atomic E-state index is 0.174. The van der Waals surface area contributed by atoms with E-state index in [-0.39, 0.29) is 6.04 Å². The average Bonchev–Trinajstić information content (AvgIpc) is 2.24. The first-order valence-corrected chi connectivity index (χ1v) is 6.67. The molecule has 0 amide bonds. The Hall–Kier alpha value is -0.860. The summed E-state index contributed by atoms with van der Waals surface area (Å²) in [5.74, 6) is 0.821. The van der Waals surface area contributed by atoms with Crippen LogP contribution in [0.15, 0.2) is 24.3 Å². The standard InChI is InChI=1S/C15H24N2/c1-17(2)11-10-15(16)14-8-6-13(7-9-14)12-4-3-5-12/h6-9,12,15H,3-5,10-11,16H2,1-2H3. The zero-order valence-corrected chi connectivity index (χ0v) is 11.0. The van der Waals surface area contributed by atoms with Gasteiger partial charge in [0, 0.05) is 6.04 Å². The molecule has 1 saturated carbocycles. The van der Waals surface area contributed by atoms with Gasteiger partial charge in [0.1, 0.15) is 0 Å². The maximum Gasteiger partial charge on any atom is 0.0307 e. The second-order valence-corrected chi connectivity index (χ2v) is 5.49. The molecule has 17 heavy (non-hydrogen) atoms. The highest BCUT2D eigenvalue weighted by atomic mass is 15.0. The Morgan fingerprint density at radius 3 is 2.35 bits per heavy atom. The van der Waals surface area contributed by atoms with Gasteiger partial charge in [-0.1, -0.05) is 30.7 Å². The molecule has 0 heterocycles. The maximum absolute atomic E-state index is 6.19. The number of nitrogens with zero attached hydrogens (tertiary/aromatic N) is 1. The molecule has 2 rings (SSSR count). The van der Waals surface area contributed by atoms with Crippen molar-refractivity contribution < 1.29 is 0 Å². The first kappa shape index (κ1) is 12.6. The molecule has 0 aliphatic heterocycles. The van der Waals surface area contributed by atoms with E-state index in [1.54, 1.807) is 0 Å². The molecule has 2 nitrogen and oxygen atoms in total. The topological polar surface area (TPSA) is 29.3 Å². The van der Waals surface area contributed by atoms with Gasteiger partial charge in [-0.15, -0.1) is 0 Å². The average molecular weight is 232 g/mol. The van der Waals surface area contributed by atoms with Crippen molar-refractivity contribution in [1.29, 1.82) is 0 Å². The van der Waals surface area contributed by atoms with Crippen LogP contribution in [0.3, 0.4) is 0 Å². The molecule has 1 unspecified atom stereocenters. The highest BCUT2D eigenvalue weighted by molar-refractivity contribution is 5.28. The molecule has 94 valence electrons. The quantitative estimate of drug-likeness (QED) is 0.846. The first-order valence-electron chi connectivity index (χ1n) is 6.67. The molecule has 2 N–H and O–H groups in total.